The van der Waals surface area contributed by atoms with Crippen molar-refractivity contribution in [1.82, 2.24) is 15.3 Å². The molecule has 8 heteroatoms. The molecule has 2 N–H and O–H groups in total. The minimum Gasteiger partial charge on any atom is -0.385 e. The summed E-state index contributed by atoms with van der Waals surface area (Å²) in [5.74, 6) is -0.270. The van der Waals surface area contributed by atoms with Gasteiger partial charge in [0.15, 0.2) is 5.78 Å². The number of anilines is 1. The summed E-state index contributed by atoms with van der Waals surface area (Å²) in [7, 11) is 3.39. The van der Waals surface area contributed by atoms with Gasteiger partial charge in [0.1, 0.15) is 11.4 Å². The molecule has 46 heavy (non-hydrogen) atoms. The Morgan fingerprint density at radius 2 is 1.39 bits per heavy atom. The van der Waals surface area contributed by atoms with Crippen LogP contribution in [0.25, 0.3) is 11.1 Å². The molecule has 0 aliphatic heterocycles. The van der Waals surface area contributed by atoms with Crippen LogP contribution in [0.2, 0.25) is 0 Å². The number of rotatable bonds is 16. The van der Waals surface area contributed by atoms with Crippen LogP contribution < -0.4 is 10.6 Å². The van der Waals surface area contributed by atoms with Gasteiger partial charge in [-0.05, 0) is 115 Å². The molecule has 0 aliphatic carbocycles. The smallest absolute Gasteiger partial charge is 0.274 e. The normalized spacial score (nSPS) is 11.1. The number of hydrogen-bond acceptors (Lipinski definition) is 7. The monoisotopic (exact) mass is 622 g/mol. The highest BCUT2D eigenvalue weighted by molar-refractivity contribution is 6.04. The number of aromatic nitrogens is 2. The number of Topliss-reactive ketones (excluding diaryl/α,β-unsaturated/α-hetero) is 1. The zero-order valence-corrected chi connectivity index (χ0v) is 28.0. The maximum atomic E-state index is 13.3. The van der Waals surface area contributed by atoms with Crippen molar-refractivity contribution in [1.29, 1.82) is 0 Å². The second-order valence-corrected chi connectivity index (χ2v) is 11.7. The van der Waals surface area contributed by atoms with Gasteiger partial charge in [-0.1, -0.05) is 30.3 Å². The van der Waals surface area contributed by atoms with Crippen LogP contribution in [-0.4, -0.2) is 55.6 Å². The van der Waals surface area contributed by atoms with Gasteiger partial charge in [0, 0.05) is 58.4 Å². The van der Waals surface area contributed by atoms with Crippen molar-refractivity contribution in [3.63, 3.8) is 0 Å². The van der Waals surface area contributed by atoms with Crippen molar-refractivity contribution in [2.45, 2.75) is 59.9 Å². The molecule has 2 aromatic heterocycles. The number of hydrogen-bond donors (Lipinski definition) is 2. The topological polar surface area (TPSA) is 102 Å². The van der Waals surface area contributed by atoms with E-state index in [0.717, 1.165) is 88.2 Å². The molecule has 0 saturated carbocycles. The number of nitrogens with one attached hydrogen (secondary N) is 2. The van der Waals surface area contributed by atoms with Crippen LogP contribution in [0.15, 0.2) is 60.9 Å². The first-order valence-corrected chi connectivity index (χ1v) is 15.9. The fraction of sp³-hybridized carbons (Fsp3) is 0.368. The molecule has 0 bridgehead atoms. The molecular weight excluding hydrogens is 576 g/mol. The third-order valence-corrected chi connectivity index (χ3v) is 8.47. The number of aryl methyl sites for hydroxylation is 3. The molecule has 0 fully saturated rings. The van der Waals surface area contributed by atoms with E-state index in [4.69, 9.17) is 9.47 Å². The molecule has 242 valence electrons. The molecule has 8 nitrogen and oxygen atoms in total. The summed E-state index contributed by atoms with van der Waals surface area (Å²) >= 11 is 0. The Morgan fingerprint density at radius 1 is 0.739 bits per heavy atom. The Bertz CT molecular complexity index is 1540. The Kier molecular flexibility index (Phi) is 12.7. The van der Waals surface area contributed by atoms with Crippen molar-refractivity contribution < 1.29 is 19.1 Å². The number of amides is 1. The Balaban J connectivity index is 1.47. The summed E-state index contributed by atoms with van der Waals surface area (Å²) in [4.78, 5) is 35.5. The highest BCUT2D eigenvalue weighted by Gasteiger charge is 2.17. The van der Waals surface area contributed by atoms with Crippen LogP contribution in [0.3, 0.4) is 0 Å². The highest BCUT2D eigenvalue weighted by atomic mass is 16.5. The molecule has 1 amide bonds. The highest BCUT2D eigenvalue weighted by Crippen LogP contribution is 2.33. The molecule has 0 saturated heterocycles. The van der Waals surface area contributed by atoms with Crippen molar-refractivity contribution in [2.75, 3.05) is 39.3 Å². The van der Waals surface area contributed by atoms with Gasteiger partial charge in [0.2, 0.25) is 0 Å². The van der Waals surface area contributed by atoms with Crippen molar-refractivity contribution in [3.8, 4) is 11.1 Å². The summed E-state index contributed by atoms with van der Waals surface area (Å²) < 4.78 is 10.2. The first kappa shape index (κ1) is 34.6. The number of carbonyl (C=O) groups is 2. The fourth-order valence-electron chi connectivity index (χ4n) is 5.53. The standard InChI is InChI=1S/C38H46N4O4/c1-25-20-36(41-23-30(25)11-7-8-17-45-5)38(44)42-34-15-10-14-33(28(34)4)32-13-9-12-29(27(32)3)21-37(43)35-19-26(2)31(24-40-35)22-39-16-18-46-6/h9-10,12-15,19-20,23-24,39H,7-8,11,16-18,21-22H2,1-6H3,(H,42,44). The molecule has 4 rings (SSSR count). The molecule has 2 aromatic carbocycles. The van der Waals surface area contributed by atoms with Crippen LogP contribution in [-0.2, 0) is 28.9 Å². The van der Waals surface area contributed by atoms with Gasteiger partial charge in [0.25, 0.3) is 5.91 Å². The van der Waals surface area contributed by atoms with E-state index in [-0.39, 0.29) is 18.1 Å². The lowest BCUT2D eigenvalue weighted by molar-refractivity contribution is 0.0986. The number of carbonyl (C=O) groups excluding carboxylic acids is 2. The molecule has 0 aliphatic rings. The number of unbranched alkanes of at least 4 members (excludes halogenated alkanes) is 1. The average molecular weight is 623 g/mol. The first-order valence-electron chi connectivity index (χ1n) is 15.9. The van der Waals surface area contributed by atoms with Gasteiger partial charge in [-0.2, -0.15) is 0 Å². The SMILES string of the molecule is COCCCCc1cnc(C(=O)Nc2cccc(-c3cccc(CC(=O)c4cc(C)c(CNCCOC)cn4)c3C)c2C)cc1C. The van der Waals surface area contributed by atoms with E-state index in [0.29, 0.717) is 24.5 Å². The fourth-order valence-corrected chi connectivity index (χ4v) is 5.53. The van der Waals surface area contributed by atoms with E-state index in [1.165, 1.54) is 0 Å². The number of ketones is 1. The lowest BCUT2D eigenvalue weighted by Crippen LogP contribution is -2.19. The Hall–Kier alpha value is -4.24. The van der Waals surface area contributed by atoms with E-state index in [9.17, 15) is 9.59 Å². The number of methoxy groups -OCH3 is 2. The number of ether oxygens (including phenoxy) is 2. The molecule has 2 heterocycles. The lowest BCUT2D eigenvalue weighted by Gasteiger charge is -2.16. The molecule has 0 atom stereocenters. The van der Waals surface area contributed by atoms with Crippen LogP contribution in [0, 0.1) is 27.7 Å². The molecule has 0 unspecified atom stereocenters. The zero-order chi connectivity index (χ0) is 33.1. The minimum atomic E-state index is -0.245. The maximum absolute atomic E-state index is 13.3. The first-order chi connectivity index (χ1) is 22.2. The molecule has 0 spiro atoms. The summed E-state index contributed by atoms with van der Waals surface area (Å²) in [6.07, 6.45) is 6.76. The minimum absolute atomic E-state index is 0.0243. The van der Waals surface area contributed by atoms with Crippen LogP contribution in [0.5, 0.6) is 0 Å². The van der Waals surface area contributed by atoms with Gasteiger partial charge in [-0.15, -0.1) is 0 Å². The van der Waals surface area contributed by atoms with Gasteiger partial charge < -0.3 is 20.1 Å². The maximum Gasteiger partial charge on any atom is 0.274 e. The van der Waals surface area contributed by atoms with Crippen molar-refractivity contribution in [3.05, 3.63) is 111 Å². The predicted octanol–water partition coefficient (Wildman–Crippen LogP) is 6.76. The van der Waals surface area contributed by atoms with Gasteiger partial charge in [-0.3, -0.25) is 19.6 Å². The zero-order valence-electron chi connectivity index (χ0n) is 28.0. The Labute approximate surface area is 273 Å². The third-order valence-electron chi connectivity index (χ3n) is 8.47. The van der Waals surface area contributed by atoms with E-state index in [1.54, 1.807) is 20.4 Å². The summed E-state index contributed by atoms with van der Waals surface area (Å²) in [6.45, 7) is 10.9. The van der Waals surface area contributed by atoms with Gasteiger partial charge in [-0.25, -0.2) is 0 Å². The Morgan fingerprint density at radius 3 is 2.11 bits per heavy atom. The second-order valence-electron chi connectivity index (χ2n) is 11.7. The van der Waals surface area contributed by atoms with Gasteiger partial charge in [0.05, 0.1) is 6.61 Å². The van der Waals surface area contributed by atoms with E-state index in [1.807, 2.05) is 76.4 Å². The van der Waals surface area contributed by atoms with Crippen LogP contribution in [0.1, 0.15) is 72.8 Å². The summed E-state index contributed by atoms with van der Waals surface area (Å²) in [6, 6.07) is 15.6. The van der Waals surface area contributed by atoms with Crippen LogP contribution in [0.4, 0.5) is 5.69 Å². The van der Waals surface area contributed by atoms with Crippen molar-refractivity contribution in [2.24, 2.45) is 0 Å². The van der Waals surface area contributed by atoms with E-state index in [2.05, 4.69) is 26.7 Å². The molecular formula is C38H46N4O4. The van der Waals surface area contributed by atoms with E-state index >= 15 is 0 Å². The van der Waals surface area contributed by atoms with Crippen molar-refractivity contribution >= 4 is 17.4 Å². The largest absolute Gasteiger partial charge is 0.385 e. The number of nitrogens with zero attached hydrogens (tertiary/aromatic N) is 2. The third kappa shape index (κ3) is 8.94. The van der Waals surface area contributed by atoms with E-state index < -0.39 is 0 Å². The summed E-state index contributed by atoms with van der Waals surface area (Å²) in [5, 5.41) is 6.39. The number of pyridine rings is 2. The second kappa shape index (κ2) is 16.9. The summed E-state index contributed by atoms with van der Waals surface area (Å²) in [5.41, 5.74) is 10.8. The lowest BCUT2D eigenvalue weighted by atomic mass is 9.91. The van der Waals surface area contributed by atoms with Crippen LogP contribution >= 0.6 is 0 Å². The molecule has 4 aromatic rings. The predicted molar refractivity (Wildman–Crippen MR) is 184 cm³/mol. The molecule has 0 radical (unpaired) electrons. The van der Waals surface area contributed by atoms with Gasteiger partial charge >= 0.3 is 0 Å². The number of benzene rings is 2. The quantitative estimate of drug-likeness (QED) is 0.105. The average Bonchev–Trinajstić information content (AvgIpc) is 3.04.